The first kappa shape index (κ1) is 33.9. The molecule has 14 heteroatoms. The first-order valence-electron chi connectivity index (χ1n) is 14.1. The van der Waals surface area contributed by atoms with Gasteiger partial charge in [0, 0.05) is 18.2 Å². The van der Waals surface area contributed by atoms with Crippen molar-refractivity contribution in [3.8, 4) is 11.1 Å². The molecular weight excluding hydrogens is 586 g/mol. The zero-order chi connectivity index (χ0) is 32.6. The fourth-order valence-electron chi connectivity index (χ4n) is 4.51. The Hall–Kier alpha value is -4.61. The molecule has 0 unspecified atom stereocenters. The van der Waals surface area contributed by atoms with E-state index in [1.807, 2.05) is 26.0 Å². The van der Waals surface area contributed by atoms with Crippen LogP contribution in [0, 0.1) is 18.3 Å². The number of aliphatic hydroxyl groups is 1. The Bertz CT molecular complexity index is 1780. The maximum Gasteiger partial charge on any atom is 0.338 e. The number of benzene rings is 1. The molecule has 13 nitrogen and oxygen atoms in total. The minimum Gasteiger partial charge on any atom is -0.462 e. The van der Waals surface area contributed by atoms with E-state index in [1.165, 1.54) is 33.1 Å². The summed E-state index contributed by atoms with van der Waals surface area (Å²) >= 11 is 1.22. The summed E-state index contributed by atoms with van der Waals surface area (Å²) in [5.41, 5.74) is -0.938. The summed E-state index contributed by atoms with van der Waals surface area (Å²) in [5, 5.41) is 27.6. The molecular formula is C30H37N7O6S. The largest absolute Gasteiger partial charge is 0.462 e. The van der Waals surface area contributed by atoms with Gasteiger partial charge in [-0.25, -0.2) is 14.2 Å². The monoisotopic (exact) mass is 623 g/mol. The molecule has 0 aliphatic heterocycles. The van der Waals surface area contributed by atoms with Crippen LogP contribution in [0.5, 0.6) is 0 Å². The Kier molecular flexibility index (Phi) is 11.3. The average molecular weight is 624 g/mol. The number of carbonyl (C=O) groups excluding carboxylic acids is 2. The van der Waals surface area contributed by atoms with Crippen molar-refractivity contribution in [2.45, 2.75) is 72.5 Å². The predicted molar refractivity (Wildman–Crippen MR) is 166 cm³/mol. The number of aryl methyl sites for hydroxylation is 3. The Morgan fingerprint density at radius 3 is 2.41 bits per heavy atom. The number of nitriles is 1. The van der Waals surface area contributed by atoms with Crippen LogP contribution in [0.4, 0.5) is 0 Å². The molecule has 0 aliphatic carbocycles. The van der Waals surface area contributed by atoms with Crippen molar-refractivity contribution in [2.75, 3.05) is 13.2 Å². The van der Waals surface area contributed by atoms with E-state index in [1.54, 1.807) is 45.9 Å². The number of amides is 1. The number of nitrogens with zero attached hydrogens (tertiary/aromatic N) is 6. The van der Waals surface area contributed by atoms with Gasteiger partial charge in [0.1, 0.15) is 15.4 Å². The Morgan fingerprint density at radius 1 is 1.18 bits per heavy atom. The number of hydrogen-bond donors (Lipinski definition) is 2. The number of hydrogen-bond acceptors (Lipinski definition) is 10. The molecule has 1 aromatic carbocycles. The highest BCUT2D eigenvalue weighted by Gasteiger charge is 2.35. The number of fused-ring (bicyclic) bond motifs is 1. The number of thiophene rings is 1. The molecule has 0 bridgehead atoms. The van der Waals surface area contributed by atoms with Crippen molar-refractivity contribution in [3.05, 3.63) is 74.2 Å². The van der Waals surface area contributed by atoms with Crippen LogP contribution in [0.2, 0.25) is 0 Å². The molecule has 3 aromatic heterocycles. The highest BCUT2D eigenvalue weighted by Crippen LogP contribution is 2.31. The van der Waals surface area contributed by atoms with Gasteiger partial charge < -0.3 is 15.2 Å². The molecule has 0 aliphatic rings. The van der Waals surface area contributed by atoms with E-state index >= 15 is 0 Å². The lowest BCUT2D eigenvalue weighted by molar-refractivity contribution is -0.129. The lowest BCUT2D eigenvalue weighted by Gasteiger charge is -2.27. The summed E-state index contributed by atoms with van der Waals surface area (Å²) < 4.78 is 7.71. The second-order valence-electron chi connectivity index (χ2n) is 10.6. The first-order chi connectivity index (χ1) is 20.9. The average Bonchev–Trinajstić information content (AvgIpc) is 3.62. The zero-order valence-electron chi connectivity index (χ0n) is 25.7. The Balaban J connectivity index is 0.000000978. The van der Waals surface area contributed by atoms with E-state index in [0.717, 1.165) is 4.57 Å². The zero-order valence-corrected chi connectivity index (χ0v) is 26.5. The number of esters is 1. The van der Waals surface area contributed by atoms with Crippen LogP contribution in [-0.4, -0.2) is 60.4 Å². The molecule has 0 saturated heterocycles. The quantitative estimate of drug-likeness (QED) is 0.252. The summed E-state index contributed by atoms with van der Waals surface area (Å²) in [5.74, 6) is -0.891. The third kappa shape index (κ3) is 7.12. The molecule has 0 radical (unpaired) electrons. The number of aromatic nitrogens is 5. The molecule has 0 saturated carbocycles. The number of rotatable bonds is 10. The van der Waals surface area contributed by atoms with Crippen LogP contribution >= 0.6 is 11.3 Å². The smallest absolute Gasteiger partial charge is 0.338 e. The first-order valence-corrected chi connectivity index (χ1v) is 14.9. The third-order valence-electron chi connectivity index (χ3n) is 6.66. The van der Waals surface area contributed by atoms with E-state index in [-0.39, 0.29) is 32.2 Å². The predicted octanol–water partition coefficient (Wildman–Crippen LogP) is 2.69. The molecule has 3 heterocycles. The fourth-order valence-corrected chi connectivity index (χ4v) is 5.74. The van der Waals surface area contributed by atoms with Crippen molar-refractivity contribution in [2.24, 2.45) is 0 Å². The van der Waals surface area contributed by atoms with Crippen LogP contribution in [0.25, 0.3) is 15.2 Å². The molecule has 2 N–H and O–H groups in total. The molecule has 0 fully saturated rings. The van der Waals surface area contributed by atoms with Gasteiger partial charge in [-0.3, -0.25) is 14.2 Å². The van der Waals surface area contributed by atoms with Gasteiger partial charge in [0.2, 0.25) is 5.91 Å². The second kappa shape index (κ2) is 14.7. The minimum atomic E-state index is -1.48. The van der Waals surface area contributed by atoms with Crippen LogP contribution in [0.1, 0.15) is 62.5 Å². The number of carbonyl (C=O) groups is 2. The molecule has 44 heavy (non-hydrogen) atoms. The van der Waals surface area contributed by atoms with Crippen molar-refractivity contribution in [3.63, 3.8) is 0 Å². The van der Waals surface area contributed by atoms with E-state index in [9.17, 15) is 19.2 Å². The summed E-state index contributed by atoms with van der Waals surface area (Å²) in [6.45, 7) is 10.6. The molecule has 0 atom stereocenters. The van der Waals surface area contributed by atoms with Crippen molar-refractivity contribution >= 4 is 33.4 Å². The van der Waals surface area contributed by atoms with E-state index < -0.39 is 28.7 Å². The van der Waals surface area contributed by atoms with Gasteiger partial charge in [0.25, 0.3) is 5.56 Å². The van der Waals surface area contributed by atoms with Gasteiger partial charge in [0.15, 0.2) is 0 Å². The molecule has 234 valence electrons. The second-order valence-corrected chi connectivity index (χ2v) is 11.5. The van der Waals surface area contributed by atoms with E-state index in [0.29, 0.717) is 38.3 Å². The third-order valence-corrected chi connectivity index (χ3v) is 7.94. The van der Waals surface area contributed by atoms with Gasteiger partial charge in [-0.2, -0.15) is 15.5 Å². The lowest BCUT2D eigenvalue weighted by Crippen LogP contribution is -2.56. The summed E-state index contributed by atoms with van der Waals surface area (Å²) in [6.07, 6.45) is 3.62. The van der Waals surface area contributed by atoms with Crippen molar-refractivity contribution in [1.29, 1.82) is 5.26 Å². The van der Waals surface area contributed by atoms with Gasteiger partial charge in [-0.05, 0) is 59.6 Å². The molecule has 4 rings (SSSR count). The van der Waals surface area contributed by atoms with Crippen LogP contribution < -0.4 is 16.6 Å². The Labute approximate surface area is 258 Å². The standard InChI is InChI=1S/C27H32N6O5S.C3H5NO/c1-7-38-24(35)19-11-9-8-10-18(19)12-15-31-23-20(17(4)22(39-23)33-28-13-14-29-33)21(34)32(26(31)37)27(5,6)25(36)30-16(2)3;4-2-1-3-5/h8-11,13-14,16H,7,12,15H2,1-6H3,(H,30,36);5H,1,3H2. The highest BCUT2D eigenvalue weighted by molar-refractivity contribution is 7.21. The van der Waals surface area contributed by atoms with Crippen molar-refractivity contribution in [1.82, 2.24) is 29.4 Å². The molecule has 0 spiro atoms. The summed E-state index contributed by atoms with van der Waals surface area (Å²) in [6, 6.07) is 8.64. The van der Waals surface area contributed by atoms with E-state index in [4.69, 9.17) is 15.1 Å². The number of nitrogens with one attached hydrogen (secondary N) is 1. The maximum absolute atomic E-state index is 14.0. The lowest BCUT2D eigenvalue weighted by atomic mass is 10.0. The topological polar surface area (TPSA) is 174 Å². The highest BCUT2D eigenvalue weighted by atomic mass is 32.1. The molecule has 4 aromatic rings. The van der Waals surface area contributed by atoms with Crippen molar-refractivity contribution < 1.29 is 19.4 Å². The molecule has 1 amide bonds. The minimum absolute atomic E-state index is 0.0174. The van der Waals surface area contributed by atoms with Gasteiger partial charge in [0.05, 0.1) is 49.0 Å². The van der Waals surface area contributed by atoms with Gasteiger partial charge >= 0.3 is 11.7 Å². The normalized spacial score (nSPS) is 11.2. The fraction of sp³-hybridized carbons (Fsp3) is 0.433. The number of aliphatic hydroxyl groups excluding tert-OH is 1. The number of ether oxygens (including phenoxy) is 1. The summed E-state index contributed by atoms with van der Waals surface area (Å²) in [4.78, 5) is 55.5. The van der Waals surface area contributed by atoms with Gasteiger partial charge in [-0.15, -0.1) is 4.80 Å². The summed E-state index contributed by atoms with van der Waals surface area (Å²) in [7, 11) is 0. The Morgan fingerprint density at radius 2 is 1.84 bits per heavy atom. The SMILES string of the molecule is CCOC(=O)c1ccccc1CCn1c(=O)n(C(C)(C)C(=O)NC(C)C)c(=O)c2c(C)c(-n3nccn3)sc21.N#CCCO. The van der Waals surface area contributed by atoms with Gasteiger partial charge in [-0.1, -0.05) is 29.5 Å². The maximum atomic E-state index is 14.0. The van der Waals surface area contributed by atoms with Crippen LogP contribution in [0.3, 0.4) is 0 Å². The van der Waals surface area contributed by atoms with Crippen LogP contribution in [-0.2, 0) is 28.0 Å². The van der Waals surface area contributed by atoms with Crippen LogP contribution in [0.15, 0.2) is 46.2 Å². The van der Waals surface area contributed by atoms with E-state index in [2.05, 4.69) is 15.5 Å².